The van der Waals surface area contributed by atoms with Crippen molar-refractivity contribution in [2.24, 2.45) is 0 Å². The van der Waals surface area contributed by atoms with Crippen LogP contribution in [0.5, 0.6) is 0 Å². The van der Waals surface area contributed by atoms with Crippen LogP contribution in [0.3, 0.4) is 0 Å². The van der Waals surface area contributed by atoms with Crippen molar-refractivity contribution >= 4 is 12.0 Å². The second-order valence-electron chi connectivity index (χ2n) is 5.76. The molecule has 1 aliphatic rings. The zero-order valence-electron chi connectivity index (χ0n) is 13.7. The largest absolute Gasteiger partial charge is 0.456 e. The maximum atomic E-state index is 13.0. The SMILES string of the molecule is CC1=C(C(=O)OCC(F)(F)C(F)(F)F)[C@H](c2ccc(C)cc2)NC(=O)N1. The molecular formula is C16H15F5N2O3. The topological polar surface area (TPSA) is 67.4 Å². The smallest absolute Gasteiger partial charge is 0.455 e. The van der Waals surface area contributed by atoms with Crippen LogP contribution in [0.2, 0.25) is 0 Å². The minimum Gasteiger partial charge on any atom is -0.455 e. The highest BCUT2D eigenvalue weighted by Crippen LogP contribution is 2.36. The Hall–Kier alpha value is -2.65. The standard InChI is InChI=1S/C16H15F5N2O3/c1-8-3-5-10(6-4-8)12-11(9(2)22-14(25)23-12)13(24)26-7-15(17,18)16(19,20)21/h3-6,12H,7H2,1-2H3,(H2,22,23,25)/t12-/m0/s1. The van der Waals surface area contributed by atoms with Crippen LogP contribution in [0.4, 0.5) is 26.7 Å². The number of amides is 2. The summed E-state index contributed by atoms with van der Waals surface area (Å²) in [5, 5.41) is 4.69. The summed E-state index contributed by atoms with van der Waals surface area (Å²) in [7, 11) is 0. The Morgan fingerprint density at radius 1 is 1.12 bits per heavy atom. The van der Waals surface area contributed by atoms with Crippen LogP contribution in [0.25, 0.3) is 0 Å². The van der Waals surface area contributed by atoms with E-state index < -0.39 is 36.7 Å². The minimum atomic E-state index is -5.84. The molecule has 0 unspecified atom stereocenters. The highest BCUT2D eigenvalue weighted by Gasteiger charge is 2.58. The first-order valence-electron chi connectivity index (χ1n) is 7.39. The Morgan fingerprint density at radius 3 is 2.23 bits per heavy atom. The van der Waals surface area contributed by atoms with Gasteiger partial charge in [0.1, 0.15) is 0 Å². The molecule has 1 heterocycles. The molecule has 0 saturated heterocycles. The summed E-state index contributed by atoms with van der Waals surface area (Å²) in [5.41, 5.74) is 1.08. The maximum absolute atomic E-state index is 13.0. The minimum absolute atomic E-state index is 0.000324. The molecule has 26 heavy (non-hydrogen) atoms. The van der Waals surface area contributed by atoms with Gasteiger partial charge in [0.15, 0.2) is 6.61 Å². The normalized spacial score (nSPS) is 18.3. The lowest BCUT2D eigenvalue weighted by Crippen LogP contribution is -2.46. The third-order valence-electron chi connectivity index (χ3n) is 3.70. The molecule has 1 aromatic rings. The van der Waals surface area contributed by atoms with Gasteiger partial charge in [0.25, 0.3) is 0 Å². The maximum Gasteiger partial charge on any atom is 0.456 e. The van der Waals surface area contributed by atoms with Gasteiger partial charge in [-0.1, -0.05) is 29.8 Å². The van der Waals surface area contributed by atoms with Gasteiger partial charge in [0.2, 0.25) is 0 Å². The highest BCUT2D eigenvalue weighted by molar-refractivity contribution is 5.95. The first-order chi connectivity index (χ1) is 11.9. The first kappa shape index (κ1) is 19.7. The van der Waals surface area contributed by atoms with E-state index in [-0.39, 0.29) is 11.3 Å². The predicted molar refractivity (Wildman–Crippen MR) is 80.2 cm³/mol. The van der Waals surface area contributed by atoms with Crippen molar-refractivity contribution in [1.82, 2.24) is 10.6 Å². The van der Waals surface area contributed by atoms with Crippen LogP contribution in [0, 0.1) is 6.92 Å². The summed E-state index contributed by atoms with van der Waals surface area (Å²) in [6.07, 6.45) is -5.84. The highest BCUT2D eigenvalue weighted by atomic mass is 19.4. The lowest BCUT2D eigenvalue weighted by atomic mass is 9.95. The number of hydrogen-bond acceptors (Lipinski definition) is 3. The third kappa shape index (κ3) is 4.12. The molecule has 2 amide bonds. The number of benzene rings is 1. The molecular weight excluding hydrogens is 363 g/mol. The summed E-state index contributed by atoms with van der Waals surface area (Å²) >= 11 is 0. The Labute approximate surface area is 145 Å². The summed E-state index contributed by atoms with van der Waals surface area (Å²) < 4.78 is 66.8. The summed E-state index contributed by atoms with van der Waals surface area (Å²) in [6.45, 7) is 0.972. The molecule has 1 aromatic carbocycles. The van der Waals surface area contributed by atoms with Crippen molar-refractivity contribution in [2.45, 2.75) is 32.0 Å². The fourth-order valence-electron chi connectivity index (χ4n) is 2.29. The van der Waals surface area contributed by atoms with Crippen molar-refractivity contribution in [3.63, 3.8) is 0 Å². The molecule has 0 aliphatic carbocycles. The second kappa shape index (κ2) is 6.93. The average Bonchev–Trinajstić information content (AvgIpc) is 2.51. The molecule has 1 aliphatic heterocycles. The number of rotatable bonds is 4. The van der Waals surface area contributed by atoms with Gasteiger partial charge >= 0.3 is 24.1 Å². The van der Waals surface area contributed by atoms with E-state index in [2.05, 4.69) is 15.4 Å². The van der Waals surface area contributed by atoms with E-state index in [0.29, 0.717) is 5.56 Å². The Kier molecular flexibility index (Phi) is 5.24. The molecule has 5 nitrogen and oxygen atoms in total. The van der Waals surface area contributed by atoms with Gasteiger partial charge in [0.05, 0.1) is 11.6 Å². The zero-order valence-corrected chi connectivity index (χ0v) is 13.7. The van der Waals surface area contributed by atoms with E-state index in [9.17, 15) is 31.5 Å². The fraction of sp³-hybridized carbons (Fsp3) is 0.375. The lowest BCUT2D eigenvalue weighted by Gasteiger charge is -2.28. The predicted octanol–water partition coefficient (Wildman–Crippen LogP) is 3.36. The van der Waals surface area contributed by atoms with Crippen LogP contribution < -0.4 is 10.6 Å². The molecule has 142 valence electrons. The quantitative estimate of drug-likeness (QED) is 0.624. The van der Waals surface area contributed by atoms with Crippen LogP contribution in [0.1, 0.15) is 24.1 Å². The molecule has 2 rings (SSSR count). The molecule has 0 fully saturated rings. The van der Waals surface area contributed by atoms with Crippen molar-refractivity contribution < 1.29 is 36.3 Å². The van der Waals surface area contributed by atoms with Gasteiger partial charge in [0, 0.05) is 5.70 Å². The molecule has 0 aromatic heterocycles. The fourth-order valence-corrected chi connectivity index (χ4v) is 2.29. The van der Waals surface area contributed by atoms with Crippen LogP contribution in [-0.2, 0) is 9.53 Å². The zero-order chi connectivity index (χ0) is 19.7. The van der Waals surface area contributed by atoms with Gasteiger partial charge < -0.3 is 15.4 Å². The number of hydrogen-bond donors (Lipinski definition) is 2. The van der Waals surface area contributed by atoms with E-state index in [1.807, 2.05) is 0 Å². The van der Waals surface area contributed by atoms with Crippen LogP contribution in [0.15, 0.2) is 35.5 Å². The summed E-state index contributed by atoms with van der Waals surface area (Å²) in [6, 6.07) is 4.88. The second-order valence-corrected chi connectivity index (χ2v) is 5.76. The van der Waals surface area contributed by atoms with Gasteiger partial charge in [-0.2, -0.15) is 22.0 Å². The number of alkyl halides is 5. The van der Waals surface area contributed by atoms with Gasteiger partial charge in [-0.15, -0.1) is 0 Å². The van der Waals surface area contributed by atoms with Crippen molar-refractivity contribution in [1.29, 1.82) is 0 Å². The van der Waals surface area contributed by atoms with E-state index in [4.69, 9.17) is 0 Å². The number of nitrogens with one attached hydrogen (secondary N) is 2. The van der Waals surface area contributed by atoms with Gasteiger partial charge in [-0.3, -0.25) is 0 Å². The molecule has 0 saturated carbocycles. The number of halogens is 5. The Balaban J connectivity index is 2.27. The lowest BCUT2D eigenvalue weighted by molar-refractivity contribution is -0.293. The molecule has 1 atom stereocenters. The average molecular weight is 378 g/mol. The van der Waals surface area contributed by atoms with Crippen molar-refractivity contribution in [2.75, 3.05) is 6.61 Å². The van der Waals surface area contributed by atoms with E-state index >= 15 is 0 Å². The number of esters is 1. The monoisotopic (exact) mass is 378 g/mol. The van der Waals surface area contributed by atoms with E-state index in [1.54, 1.807) is 31.2 Å². The van der Waals surface area contributed by atoms with Gasteiger partial charge in [-0.25, -0.2) is 9.59 Å². The van der Waals surface area contributed by atoms with Crippen LogP contribution >= 0.6 is 0 Å². The number of allylic oxidation sites excluding steroid dienone is 1. The molecule has 0 radical (unpaired) electrons. The van der Waals surface area contributed by atoms with Gasteiger partial charge in [-0.05, 0) is 19.4 Å². The first-order valence-corrected chi connectivity index (χ1v) is 7.39. The van der Waals surface area contributed by atoms with Crippen LogP contribution in [-0.4, -0.2) is 30.7 Å². The number of carbonyl (C=O) groups excluding carboxylic acids is 2. The molecule has 0 spiro atoms. The van der Waals surface area contributed by atoms with E-state index in [1.165, 1.54) is 6.92 Å². The molecule has 2 N–H and O–H groups in total. The Morgan fingerprint density at radius 2 is 1.69 bits per heavy atom. The van der Waals surface area contributed by atoms with E-state index in [0.717, 1.165) is 5.56 Å². The number of aryl methyl sites for hydroxylation is 1. The number of carbonyl (C=O) groups is 2. The summed E-state index contributed by atoms with van der Waals surface area (Å²) in [5.74, 6) is -6.56. The van der Waals surface area contributed by atoms with Crippen molar-refractivity contribution in [3.05, 3.63) is 46.7 Å². The van der Waals surface area contributed by atoms with Crippen molar-refractivity contribution in [3.8, 4) is 0 Å². The Bertz CT molecular complexity index is 741. The molecule has 0 bridgehead atoms. The third-order valence-corrected chi connectivity index (χ3v) is 3.70. The summed E-state index contributed by atoms with van der Waals surface area (Å²) in [4.78, 5) is 23.8. The number of urea groups is 1. The molecule has 10 heteroatoms. The number of ether oxygens (including phenoxy) is 1.